The molecule has 0 bridgehead atoms. The zero-order valence-electron chi connectivity index (χ0n) is 15.3. The highest BCUT2D eigenvalue weighted by atomic mass is 16.3. The Labute approximate surface area is 146 Å². The van der Waals surface area contributed by atoms with Crippen molar-refractivity contribution in [1.29, 1.82) is 0 Å². The summed E-state index contributed by atoms with van der Waals surface area (Å²) in [6, 6.07) is 1.65. The maximum Gasteiger partial charge on any atom is 0.234 e. The lowest BCUT2D eigenvalue weighted by molar-refractivity contribution is -0.124. The lowest BCUT2D eigenvalue weighted by Gasteiger charge is -2.36. The molecule has 1 heterocycles. The van der Waals surface area contributed by atoms with Crippen LogP contribution in [0.2, 0.25) is 0 Å². The maximum atomic E-state index is 12.5. The second-order valence-electron chi connectivity index (χ2n) is 8.18. The van der Waals surface area contributed by atoms with Crippen LogP contribution in [-0.4, -0.2) is 71.2 Å². The van der Waals surface area contributed by atoms with Gasteiger partial charge in [0, 0.05) is 37.8 Å². The molecule has 0 radical (unpaired) electrons. The number of carbonyl (C=O) groups excluding carboxylic acids is 1. The molecule has 1 aliphatic heterocycles. The van der Waals surface area contributed by atoms with E-state index in [2.05, 4.69) is 15.1 Å². The smallest absolute Gasteiger partial charge is 0.234 e. The molecule has 2 N–H and O–H groups in total. The number of aliphatic hydroxyl groups excluding tert-OH is 1. The van der Waals surface area contributed by atoms with Crippen molar-refractivity contribution < 1.29 is 9.90 Å². The monoisotopic (exact) mass is 337 g/mol. The number of piperidine rings is 1. The van der Waals surface area contributed by atoms with Gasteiger partial charge in [0.1, 0.15) is 0 Å². The van der Waals surface area contributed by atoms with Crippen LogP contribution in [0.3, 0.4) is 0 Å². The highest BCUT2D eigenvalue weighted by molar-refractivity contribution is 5.78. The molecule has 0 spiro atoms. The van der Waals surface area contributed by atoms with Crippen molar-refractivity contribution >= 4 is 5.91 Å². The van der Waals surface area contributed by atoms with Gasteiger partial charge in [0.2, 0.25) is 5.91 Å². The fourth-order valence-electron chi connectivity index (χ4n) is 4.43. The molecule has 1 unspecified atom stereocenters. The summed E-state index contributed by atoms with van der Waals surface area (Å²) in [6.45, 7) is 5.14. The molecular formula is C19H35N3O2. The molecule has 0 aromatic rings. The van der Waals surface area contributed by atoms with Crippen molar-refractivity contribution in [2.45, 2.75) is 88.9 Å². The van der Waals surface area contributed by atoms with Gasteiger partial charge in [-0.1, -0.05) is 19.3 Å². The predicted molar refractivity (Wildman–Crippen MR) is 95.9 cm³/mol. The number of rotatable bonds is 7. The molecule has 1 amide bonds. The SMILES string of the molecule is CC(O)CN(CC(=O)NC1CCN(C2CC2)CC1)C1CCCCC1. The van der Waals surface area contributed by atoms with E-state index < -0.39 is 0 Å². The number of carbonyl (C=O) groups is 1. The van der Waals surface area contributed by atoms with Gasteiger partial charge in [0.15, 0.2) is 0 Å². The van der Waals surface area contributed by atoms with E-state index in [1.54, 1.807) is 0 Å². The molecular weight excluding hydrogens is 302 g/mol. The van der Waals surface area contributed by atoms with Crippen LogP contribution >= 0.6 is 0 Å². The molecule has 3 aliphatic rings. The summed E-state index contributed by atoms with van der Waals surface area (Å²) in [7, 11) is 0. The Morgan fingerprint density at radius 3 is 2.38 bits per heavy atom. The molecule has 0 aromatic heterocycles. The van der Waals surface area contributed by atoms with Crippen LogP contribution in [0.15, 0.2) is 0 Å². The third-order valence-electron chi connectivity index (χ3n) is 5.89. The summed E-state index contributed by atoms with van der Waals surface area (Å²) in [6.07, 6.45) is 10.7. The van der Waals surface area contributed by atoms with Crippen LogP contribution in [0.1, 0.15) is 64.7 Å². The van der Waals surface area contributed by atoms with Crippen LogP contribution in [0.25, 0.3) is 0 Å². The first-order valence-electron chi connectivity index (χ1n) is 10.1. The van der Waals surface area contributed by atoms with Crippen molar-refractivity contribution in [1.82, 2.24) is 15.1 Å². The molecule has 3 fully saturated rings. The molecule has 0 aromatic carbocycles. The van der Waals surface area contributed by atoms with Crippen LogP contribution in [0.5, 0.6) is 0 Å². The molecule has 138 valence electrons. The average Bonchev–Trinajstić information content (AvgIpc) is 3.40. The van der Waals surface area contributed by atoms with E-state index in [0.717, 1.165) is 32.0 Å². The van der Waals surface area contributed by atoms with E-state index in [1.807, 2.05) is 6.92 Å². The first-order chi connectivity index (χ1) is 11.6. The van der Waals surface area contributed by atoms with E-state index in [0.29, 0.717) is 25.2 Å². The molecule has 2 aliphatic carbocycles. The highest BCUT2D eigenvalue weighted by Gasteiger charge is 2.32. The van der Waals surface area contributed by atoms with E-state index in [4.69, 9.17) is 0 Å². The summed E-state index contributed by atoms with van der Waals surface area (Å²) in [4.78, 5) is 17.3. The molecule has 1 atom stereocenters. The Hall–Kier alpha value is -0.650. The molecule has 1 saturated heterocycles. The number of hydrogen-bond donors (Lipinski definition) is 2. The third kappa shape index (κ3) is 5.43. The Morgan fingerprint density at radius 1 is 1.12 bits per heavy atom. The quantitative estimate of drug-likeness (QED) is 0.743. The second-order valence-corrected chi connectivity index (χ2v) is 8.18. The van der Waals surface area contributed by atoms with Gasteiger partial charge in [0.25, 0.3) is 0 Å². The van der Waals surface area contributed by atoms with E-state index in [9.17, 15) is 9.90 Å². The second kappa shape index (κ2) is 8.63. The number of hydrogen-bond acceptors (Lipinski definition) is 4. The standard InChI is InChI=1S/C19H35N3O2/c1-15(23)13-22(17-5-3-2-4-6-17)14-19(24)20-16-9-11-21(12-10-16)18-7-8-18/h15-18,23H,2-14H2,1H3,(H,20,24). The number of nitrogens with zero attached hydrogens (tertiary/aromatic N) is 2. The minimum absolute atomic E-state index is 0.145. The van der Waals surface area contributed by atoms with Gasteiger partial charge >= 0.3 is 0 Å². The summed E-state index contributed by atoms with van der Waals surface area (Å²) in [5.74, 6) is 0.145. The van der Waals surface area contributed by atoms with Gasteiger partial charge in [-0.25, -0.2) is 0 Å². The zero-order chi connectivity index (χ0) is 16.9. The molecule has 2 saturated carbocycles. The van der Waals surface area contributed by atoms with Crippen LogP contribution < -0.4 is 5.32 Å². The van der Waals surface area contributed by atoms with Crippen LogP contribution in [0.4, 0.5) is 0 Å². The van der Waals surface area contributed by atoms with Gasteiger partial charge in [-0.05, 0) is 45.4 Å². The fourth-order valence-corrected chi connectivity index (χ4v) is 4.43. The van der Waals surface area contributed by atoms with Crippen molar-refractivity contribution in [3.8, 4) is 0 Å². The highest BCUT2D eigenvalue weighted by Crippen LogP contribution is 2.29. The number of nitrogens with one attached hydrogen (secondary N) is 1. The Kier molecular flexibility index (Phi) is 6.53. The first kappa shape index (κ1) is 18.2. The summed E-state index contributed by atoms with van der Waals surface area (Å²) >= 11 is 0. The van der Waals surface area contributed by atoms with Crippen molar-refractivity contribution in [2.24, 2.45) is 0 Å². The predicted octanol–water partition coefficient (Wildman–Crippen LogP) is 1.74. The summed E-state index contributed by atoms with van der Waals surface area (Å²) < 4.78 is 0. The van der Waals surface area contributed by atoms with Gasteiger partial charge in [-0.2, -0.15) is 0 Å². The molecule has 5 nitrogen and oxygen atoms in total. The number of amides is 1. The minimum Gasteiger partial charge on any atom is -0.392 e. The summed E-state index contributed by atoms with van der Waals surface area (Å²) in [5, 5.41) is 13.0. The third-order valence-corrected chi connectivity index (χ3v) is 5.89. The van der Waals surface area contributed by atoms with Crippen LogP contribution in [-0.2, 0) is 4.79 Å². The largest absolute Gasteiger partial charge is 0.392 e. The lowest BCUT2D eigenvalue weighted by Crippen LogP contribution is -2.50. The fraction of sp³-hybridized carbons (Fsp3) is 0.947. The Balaban J connectivity index is 1.44. The maximum absolute atomic E-state index is 12.5. The lowest BCUT2D eigenvalue weighted by atomic mass is 9.94. The molecule has 3 rings (SSSR count). The number of likely N-dealkylation sites (tertiary alicyclic amines) is 1. The summed E-state index contributed by atoms with van der Waals surface area (Å²) in [5.41, 5.74) is 0. The minimum atomic E-state index is -0.374. The average molecular weight is 338 g/mol. The first-order valence-corrected chi connectivity index (χ1v) is 10.1. The van der Waals surface area contributed by atoms with Gasteiger partial charge < -0.3 is 15.3 Å². The van der Waals surface area contributed by atoms with Crippen molar-refractivity contribution in [2.75, 3.05) is 26.2 Å². The zero-order valence-corrected chi connectivity index (χ0v) is 15.3. The van der Waals surface area contributed by atoms with Crippen molar-refractivity contribution in [3.05, 3.63) is 0 Å². The van der Waals surface area contributed by atoms with E-state index in [1.165, 1.54) is 44.9 Å². The van der Waals surface area contributed by atoms with E-state index in [-0.39, 0.29) is 12.0 Å². The molecule has 24 heavy (non-hydrogen) atoms. The normalized spacial score (nSPS) is 25.8. The Bertz CT molecular complexity index is 397. The van der Waals surface area contributed by atoms with Crippen LogP contribution in [0, 0.1) is 0 Å². The van der Waals surface area contributed by atoms with E-state index >= 15 is 0 Å². The van der Waals surface area contributed by atoms with Gasteiger partial charge in [0.05, 0.1) is 12.6 Å². The van der Waals surface area contributed by atoms with Crippen molar-refractivity contribution in [3.63, 3.8) is 0 Å². The van der Waals surface area contributed by atoms with Gasteiger partial charge in [-0.15, -0.1) is 0 Å². The topological polar surface area (TPSA) is 55.8 Å². The molecule has 5 heteroatoms. The number of aliphatic hydroxyl groups is 1. The Morgan fingerprint density at radius 2 is 1.79 bits per heavy atom. The van der Waals surface area contributed by atoms with Gasteiger partial charge in [-0.3, -0.25) is 9.69 Å².